The third-order valence-electron chi connectivity index (χ3n) is 0.596. The molecule has 0 aromatic carbocycles. The Morgan fingerprint density at radius 2 is 1.23 bits per heavy atom. The van der Waals surface area contributed by atoms with Gasteiger partial charge in [-0.2, -0.15) is 0 Å². The first-order chi connectivity index (χ1) is 5.62. The second kappa shape index (κ2) is 15.0. The summed E-state index contributed by atoms with van der Waals surface area (Å²) in [4.78, 5) is 0. The largest absolute Gasteiger partial charge is 0.696 e. The summed E-state index contributed by atoms with van der Waals surface area (Å²) in [5.41, 5.74) is 0. The third kappa shape index (κ3) is 19.0. The monoisotopic (exact) mass is 250 g/mol. The van der Waals surface area contributed by atoms with Crippen LogP contribution in [0.5, 0.6) is 0 Å². The van der Waals surface area contributed by atoms with Crippen molar-refractivity contribution in [3.8, 4) is 0 Å². The maximum absolute atomic E-state index is 9.88. The van der Waals surface area contributed by atoms with Gasteiger partial charge in [-0.3, -0.25) is 0 Å². The quantitative estimate of drug-likeness (QED) is 0.715. The van der Waals surface area contributed by atoms with Gasteiger partial charge in [0.1, 0.15) is 0 Å². The summed E-state index contributed by atoms with van der Waals surface area (Å²) in [7, 11) is 2.88. The van der Waals surface area contributed by atoms with Gasteiger partial charge >= 0.3 is 15.4 Å². The van der Waals surface area contributed by atoms with Gasteiger partial charge in [0.15, 0.2) is 0 Å². The molecule has 0 amide bonds. The minimum atomic E-state index is -1.83. The van der Waals surface area contributed by atoms with Gasteiger partial charge in [-0.05, 0) is 0 Å². The molecule has 0 spiro atoms. The molecule has 13 heavy (non-hydrogen) atoms. The van der Waals surface area contributed by atoms with E-state index in [2.05, 4.69) is 29.9 Å². The average Bonchev–Trinajstić information content (AvgIpc) is 2.16. The van der Waals surface area contributed by atoms with Gasteiger partial charge in [0.05, 0.1) is 28.4 Å². The van der Waals surface area contributed by atoms with Crippen LogP contribution in [0.2, 0.25) is 0 Å². The standard InChI is InChI=1S/C2H6O3P.C2H6O2PS.CH4/c1-4-6(3)5-2;1-3-5(6)4-2;/h2*1-2H3;1H4/q2*+1;. The lowest BCUT2D eigenvalue weighted by molar-refractivity contribution is 0.302. The van der Waals surface area contributed by atoms with Crippen LogP contribution >= 0.6 is 15.4 Å². The summed E-state index contributed by atoms with van der Waals surface area (Å²) in [6, 6.07) is 0. The van der Waals surface area contributed by atoms with Crippen LogP contribution in [-0.4, -0.2) is 28.4 Å². The molecule has 0 unspecified atom stereocenters. The normalized spacial score (nSPS) is 7.69. The highest BCUT2D eigenvalue weighted by molar-refractivity contribution is 8.00. The fourth-order valence-corrected chi connectivity index (χ4v) is 0.447. The van der Waals surface area contributed by atoms with Crippen molar-refractivity contribution in [2.24, 2.45) is 0 Å². The molecule has 0 rings (SSSR count). The first-order valence-electron chi connectivity index (χ1n) is 2.73. The van der Waals surface area contributed by atoms with E-state index < -0.39 is 15.4 Å². The lowest BCUT2D eigenvalue weighted by Crippen LogP contribution is -1.66. The Morgan fingerprint density at radius 3 is 1.23 bits per heavy atom. The van der Waals surface area contributed by atoms with E-state index in [1.165, 1.54) is 28.4 Å². The van der Waals surface area contributed by atoms with E-state index in [1.54, 1.807) is 0 Å². The van der Waals surface area contributed by atoms with E-state index in [0.29, 0.717) is 0 Å². The summed E-state index contributed by atoms with van der Waals surface area (Å²) in [5, 5.41) is 0. The molecule has 0 aliphatic rings. The fraction of sp³-hybridized carbons (Fsp3) is 1.00. The highest BCUT2D eigenvalue weighted by atomic mass is 32.4. The topological polar surface area (TPSA) is 54.0 Å². The molecular weight excluding hydrogens is 234 g/mol. The maximum atomic E-state index is 9.88. The van der Waals surface area contributed by atoms with Gasteiger partial charge in [-0.1, -0.05) is 7.43 Å². The Bertz CT molecular complexity index is 115. The van der Waals surface area contributed by atoms with Gasteiger partial charge in [-0.25, -0.2) is 0 Å². The Labute approximate surface area is 86.3 Å². The van der Waals surface area contributed by atoms with Crippen molar-refractivity contribution in [3.63, 3.8) is 0 Å². The Morgan fingerprint density at radius 1 is 0.923 bits per heavy atom. The molecule has 0 aliphatic carbocycles. The SMILES string of the molecule is C.CO[P+](=O)OC.CO[P+](=S)OC. The van der Waals surface area contributed by atoms with Crippen molar-refractivity contribution in [2.75, 3.05) is 28.4 Å². The maximum Gasteiger partial charge on any atom is 0.696 e. The number of hydrogen-bond acceptors (Lipinski definition) is 6. The van der Waals surface area contributed by atoms with Crippen LogP contribution in [0.1, 0.15) is 7.43 Å². The molecule has 0 N–H and O–H groups in total. The highest BCUT2D eigenvalue weighted by Gasteiger charge is 2.10. The molecule has 8 heteroatoms. The molecule has 80 valence electrons. The van der Waals surface area contributed by atoms with Crippen LogP contribution in [0.15, 0.2) is 0 Å². The molecule has 0 radical (unpaired) electrons. The molecule has 0 aliphatic heterocycles. The highest BCUT2D eigenvalue weighted by Crippen LogP contribution is 2.19. The molecule has 0 atom stereocenters. The predicted molar refractivity (Wildman–Crippen MR) is 56.7 cm³/mol. The first-order valence-corrected chi connectivity index (χ1v) is 6.01. The fourth-order valence-electron chi connectivity index (χ4n) is 0.149. The summed E-state index contributed by atoms with van der Waals surface area (Å²) >= 11 is 4.56. The molecule has 0 aromatic heterocycles. The van der Waals surface area contributed by atoms with Gasteiger partial charge in [0.25, 0.3) is 0 Å². The molecule has 0 saturated carbocycles. The zero-order chi connectivity index (χ0) is 9.98. The number of hydrogen-bond donors (Lipinski definition) is 0. The van der Waals surface area contributed by atoms with Crippen molar-refractivity contribution in [3.05, 3.63) is 0 Å². The molecular formula is C5H16O5P2S+2. The molecule has 5 nitrogen and oxygen atoms in total. The van der Waals surface area contributed by atoms with E-state index >= 15 is 0 Å². The lowest BCUT2D eigenvalue weighted by atomic mass is 11.8. The van der Waals surface area contributed by atoms with Crippen molar-refractivity contribution in [1.29, 1.82) is 0 Å². The van der Waals surface area contributed by atoms with Crippen molar-refractivity contribution in [2.45, 2.75) is 7.43 Å². The summed E-state index contributed by atoms with van der Waals surface area (Å²) in [5.74, 6) is 0. The average molecular weight is 250 g/mol. The third-order valence-corrected chi connectivity index (χ3v) is 2.68. The van der Waals surface area contributed by atoms with Crippen LogP contribution in [0.3, 0.4) is 0 Å². The Balaban J connectivity index is -0.000000143. The van der Waals surface area contributed by atoms with Crippen molar-refractivity contribution in [1.82, 2.24) is 0 Å². The zero-order valence-electron chi connectivity index (χ0n) is 7.34. The number of rotatable bonds is 4. The van der Waals surface area contributed by atoms with E-state index in [9.17, 15) is 4.57 Å². The summed E-state index contributed by atoms with van der Waals surface area (Å²) < 4.78 is 27.4. The Kier molecular flexibility index (Phi) is 22.0. The van der Waals surface area contributed by atoms with Crippen LogP contribution in [0.4, 0.5) is 0 Å². The van der Waals surface area contributed by atoms with Crippen LogP contribution < -0.4 is 0 Å². The molecule has 0 heterocycles. The minimum absolute atomic E-state index is 0. The van der Waals surface area contributed by atoms with E-state index in [-0.39, 0.29) is 7.43 Å². The second-order valence-electron chi connectivity index (χ2n) is 1.18. The van der Waals surface area contributed by atoms with Gasteiger partial charge in [0, 0.05) is 4.57 Å². The first kappa shape index (κ1) is 19.1. The second-order valence-corrected chi connectivity index (χ2v) is 4.43. The molecule has 0 bridgehead atoms. The predicted octanol–water partition coefficient (Wildman–Crippen LogP) is 2.63. The van der Waals surface area contributed by atoms with Gasteiger partial charge < -0.3 is 0 Å². The van der Waals surface area contributed by atoms with Gasteiger partial charge in [0.2, 0.25) is 11.8 Å². The Hall–Kier alpha value is 0.460. The molecule has 0 saturated heterocycles. The van der Waals surface area contributed by atoms with E-state index in [4.69, 9.17) is 0 Å². The summed E-state index contributed by atoms with van der Waals surface area (Å²) in [6.07, 6.45) is 0. The van der Waals surface area contributed by atoms with E-state index in [1.807, 2.05) is 0 Å². The smallest absolute Gasteiger partial charge is 0.145 e. The van der Waals surface area contributed by atoms with Crippen LogP contribution in [0.25, 0.3) is 0 Å². The minimum Gasteiger partial charge on any atom is -0.145 e. The van der Waals surface area contributed by atoms with E-state index in [0.717, 1.165) is 0 Å². The molecule has 0 fully saturated rings. The van der Waals surface area contributed by atoms with Gasteiger partial charge in [-0.15, -0.1) is 18.1 Å². The zero-order valence-corrected chi connectivity index (χ0v) is 9.95. The van der Waals surface area contributed by atoms with Crippen molar-refractivity contribution < 1.29 is 22.7 Å². The lowest BCUT2D eigenvalue weighted by Gasteiger charge is -1.71. The molecule has 0 aromatic rings. The summed E-state index contributed by atoms with van der Waals surface area (Å²) in [6.45, 7) is 0. The van der Waals surface area contributed by atoms with Crippen molar-refractivity contribution >= 4 is 27.2 Å². The van der Waals surface area contributed by atoms with Crippen LogP contribution in [0, 0.1) is 0 Å². The van der Waals surface area contributed by atoms with Crippen LogP contribution in [-0.2, 0) is 34.5 Å².